The van der Waals surface area contributed by atoms with Crippen molar-refractivity contribution >= 4 is 135 Å². The molecule has 4 rings (SSSR count). The Hall–Kier alpha value is -4.94. The molecule has 0 radical (unpaired) electrons. The van der Waals surface area contributed by atoms with Gasteiger partial charge in [-0.15, -0.1) is 11.6 Å². The van der Waals surface area contributed by atoms with Gasteiger partial charge in [0.25, 0.3) is 11.6 Å². The molecular formula is C58H75Cl7N2O24. The second-order valence-electron chi connectivity index (χ2n) is 20.7. The first kappa shape index (κ1) is 78.5. The summed E-state index contributed by atoms with van der Waals surface area (Å²) >= 11 is 41.7. The highest BCUT2D eigenvalue weighted by molar-refractivity contribution is 6.68. The van der Waals surface area contributed by atoms with Crippen LogP contribution < -0.4 is 10.6 Å². The van der Waals surface area contributed by atoms with Crippen LogP contribution >= 0.6 is 81.2 Å². The van der Waals surface area contributed by atoms with Crippen LogP contribution in [0.25, 0.3) is 0 Å². The number of alkyl carbamates (subject to hydrolysis) is 2. The highest BCUT2D eigenvalue weighted by Crippen LogP contribution is 2.42. The number of nitrogens with one attached hydrogen (secondary N) is 2. The lowest BCUT2D eigenvalue weighted by Crippen LogP contribution is -2.72. The molecule has 0 aliphatic carbocycles. The second-order valence-corrected chi connectivity index (χ2v) is 26.0. The van der Waals surface area contributed by atoms with Gasteiger partial charge in [-0.2, -0.15) is 0 Å². The number of methoxy groups -OCH3 is 2. The van der Waals surface area contributed by atoms with Crippen molar-refractivity contribution in [1.29, 1.82) is 0 Å². The predicted molar refractivity (Wildman–Crippen MR) is 325 cm³/mol. The maximum absolute atomic E-state index is 15.2. The number of halogens is 7. The molecule has 33 heteroatoms. The van der Waals surface area contributed by atoms with Gasteiger partial charge in [-0.3, -0.25) is 24.0 Å². The van der Waals surface area contributed by atoms with Crippen LogP contribution in [-0.2, 0) is 118 Å². The Morgan fingerprint density at radius 1 is 0.571 bits per heavy atom. The Bertz CT molecular complexity index is 2680. The Morgan fingerprint density at radius 2 is 0.989 bits per heavy atom. The lowest BCUT2D eigenvalue weighted by atomic mass is 9.86. The third-order valence-electron chi connectivity index (χ3n) is 13.4. The summed E-state index contributed by atoms with van der Waals surface area (Å²) in [6.07, 6.45) is -16.2. The lowest BCUT2D eigenvalue weighted by molar-refractivity contribution is -0.348. The van der Waals surface area contributed by atoms with Gasteiger partial charge in [-0.05, 0) is 17.5 Å². The highest BCUT2D eigenvalue weighted by Gasteiger charge is 2.64. The molecular weight excluding hydrogens is 1360 g/mol. The second kappa shape index (κ2) is 38.4. The third kappa shape index (κ3) is 26.8. The summed E-state index contributed by atoms with van der Waals surface area (Å²) in [7, 11) is 1.88. The van der Waals surface area contributed by atoms with E-state index >= 15 is 4.79 Å². The van der Waals surface area contributed by atoms with Crippen molar-refractivity contribution < 1.29 is 114 Å². The van der Waals surface area contributed by atoms with E-state index in [-0.39, 0.29) is 19.8 Å². The van der Waals surface area contributed by atoms with Gasteiger partial charge >= 0.3 is 54.0 Å². The quantitative estimate of drug-likeness (QED) is 0.0288. The SMILES string of the molecule is CCCCCCCCO[C@]1(C(=O)OC)C[C@H](OC(C)=O)[C@@H](NC(=O)OCC(Cl)(Cl)Cl)[C@H]([C@H](OC(C)=O)[C@@H](COCc2ccccc2)O[C@]2(C(=O)OC)C[C@H](OC(C)=O)[C@@H](NC(=O)OCC(Cl)(Cl)Cl)[C@H]([C@H](OC(C)=O)[C@@H](COCc3ccccc3)OC(=O)CCl)O2)O1. The molecule has 510 valence electrons. The van der Waals surface area contributed by atoms with Gasteiger partial charge in [0.2, 0.25) is 7.59 Å². The van der Waals surface area contributed by atoms with E-state index in [4.69, 9.17) is 152 Å². The zero-order valence-electron chi connectivity index (χ0n) is 50.8. The Labute approximate surface area is 561 Å². The number of carbonyl (C=O) groups excluding carboxylic acids is 9. The Kier molecular flexibility index (Phi) is 33.2. The van der Waals surface area contributed by atoms with E-state index in [2.05, 4.69) is 10.6 Å². The van der Waals surface area contributed by atoms with Crippen LogP contribution in [-0.4, -0.2) is 187 Å². The minimum atomic E-state index is -3.15. The summed E-state index contributed by atoms with van der Waals surface area (Å²) in [5.74, 6) is -14.7. The molecule has 2 fully saturated rings. The molecule has 12 atom stereocenters. The van der Waals surface area contributed by atoms with Gasteiger partial charge in [0.15, 0.2) is 18.3 Å². The van der Waals surface area contributed by atoms with Crippen molar-refractivity contribution in [2.45, 2.75) is 179 Å². The fourth-order valence-corrected chi connectivity index (χ4v) is 10.1. The number of amides is 2. The summed E-state index contributed by atoms with van der Waals surface area (Å²) in [5.41, 5.74) is 1.15. The summed E-state index contributed by atoms with van der Waals surface area (Å²) < 4.78 is 85.2. The van der Waals surface area contributed by atoms with Crippen molar-refractivity contribution in [2.24, 2.45) is 0 Å². The molecule has 2 aromatic carbocycles. The fourth-order valence-electron chi connectivity index (χ4n) is 9.72. The maximum atomic E-state index is 15.2. The molecule has 0 spiro atoms. The largest absolute Gasteiger partial charge is 0.465 e. The Balaban J connectivity index is 2.13. The number of carbonyl (C=O) groups is 9. The van der Waals surface area contributed by atoms with Crippen LogP contribution in [0, 0.1) is 0 Å². The number of ether oxygens (including phenoxy) is 15. The molecule has 26 nitrogen and oxygen atoms in total. The number of hydrogen-bond donors (Lipinski definition) is 2. The van der Waals surface area contributed by atoms with E-state index in [1.54, 1.807) is 60.7 Å². The average Bonchev–Trinajstić information content (AvgIpc) is 0.761. The monoisotopic (exact) mass is 1430 g/mol. The van der Waals surface area contributed by atoms with Crippen molar-refractivity contribution in [2.75, 3.05) is 53.1 Å². The van der Waals surface area contributed by atoms with E-state index in [9.17, 15) is 38.4 Å². The summed E-state index contributed by atoms with van der Waals surface area (Å²) in [4.78, 5) is 125. The number of alkyl halides is 7. The molecule has 0 unspecified atom stereocenters. The average molecular weight is 1430 g/mol. The minimum Gasteiger partial charge on any atom is -0.465 e. The number of esters is 7. The van der Waals surface area contributed by atoms with Crippen molar-refractivity contribution in [1.82, 2.24) is 10.6 Å². The number of rotatable bonds is 34. The van der Waals surface area contributed by atoms with Crippen molar-refractivity contribution in [3.63, 3.8) is 0 Å². The molecule has 91 heavy (non-hydrogen) atoms. The molecule has 2 heterocycles. The first-order valence-electron chi connectivity index (χ1n) is 28.5. The zero-order chi connectivity index (χ0) is 67.5. The van der Waals surface area contributed by atoms with Crippen LogP contribution in [0.3, 0.4) is 0 Å². The maximum Gasteiger partial charge on any atom is 0.407 e. The Morgan fingerprint density at radius 3 is 1.42 bits per heavy atom. The van der Waals surface area contributed by atoms with E-state index in [0.29, 0.717) is 24.0 Å². The zero-order valence-corrected chi connectivity index (χ0v) is 56.1. The van der Waals surface area contributed by atoms with E-state index < -0.39 is 179 Å². The number of benzene rings is 2. The van der Waals surface area contributed by atoms with Gasteiger partial charge in [0.05, 0.1) is 72.2 Å². The molecule has 2 aliphatic rings. The first-order valence-corrected chi connectivity index (χ1v) is 31.3. The molecule has 0 aromatic heterocycles. The summed E-state index contributed by atoms with van der Waals surface area (Å²) in [5, 5.41) is 4.94. The van der Waals surface area contributed by atoms with E-state index in [0.717, 1.165) is 67.6 Å². The van der Waals surface area contributed by atoms with Crippen LogP contribution in [0.15, 0.2) is 60.7 Å². The van der Waals surface area contributed by atoms with E-state index in [1.165, 1.54) is 0 Å². The minimum absolute atomic E-state index is 0.157. The van der Waals surface area contributed by atoms with Gasteiger partial charge < -0.3 is 81.7 Å². The highest BCUT2D eigenvalue weighted by atomic mass is 35.6. The van der Waals surface area contributed by atoms with Gasteiger partial charge in [-0.1, -0.05) is 169 Å². The summed E-state index contributed by atoms with van der Waals surface area (Å²) in [6.45, 7) is 1.97. The molecule has 0 saturated carbocycles. The molecule has 2 aliphatic heterocycles. The molecule has 2 amide bonds. The van der Waals surface area contributed by atoms with Gasteiger partial charge in [-0.25, -0.2) is 19.2 Å². The first-order chi connectivity index (χ1) is 43.0. The topological polar surface area (TPSA) is 316 Å². The number of unbranched alkanes of at least 4 members (excludes halogenated alkanes) is 5. The van der Waals surface area contributed by atoms with Crippen molar-refractivity contribution in [3.8, 4) is 0 Å². The standard InChI is InChI=1S/C58H75Cl7N2O24/c1-8-9-10-11-12-19-24-83-55(51(73)77-6)25-40(84-34(2)68)45(66-53(75)81-32-57(60,61)62)50(90-55)48(87-37(5)71)43(31-80-29-39-22-17-14-18-23-39)89-56(52(74)78-7)26-41(85-35(3)69)46(67-54(76)82-33-58(63,64)65)49(91-56)47(86-36(4)70)42(88-44(72)27-59)30-79-28-38-20-15-13-16-21-38/h13-18,20-23,40-43,45-50H,8-12,19,24-33H2,1-7H3,(H,66,75)(H,67,76)/t40-,41-,42+,43+,45+,46+,47+,48+,49+,50+,55+,56+/m0/s1. The lowest BCUT2D eigenvalue weighted by Gasteiger charge is -2.51. The van der Waals surface area contributed by atoms with Crippen LogP contribution in [0.1, 0.15) is 97.1 Å². The van der Waals surface area contributed by atoms with Gasteiger partial charge in [0.1, 0.15) is 49.6 Å². The molecule has 2 N–H and O–H groups in total. The van der Waals surface area contributed by atoms with Gasteiger partial charge in [0, 0.05) is 27.7 Å². The molecule has 0 bridgehead atoms. The fraction of sp³-hybridized carbons (Fsp3) is 0.638. The summed E-state index contributed by atoms with van der Waals surface area (Å²) in [6, 6.07) is 13.3. The molecule has 2 aromatic rings. The predicted octanol–water partition coefficient (Wildman–Crippen LogP) is 8.31. The smallest absolute Gasteiger partial charge is 0.407 e. The van der Waals surface area contributed by atoms with Crippen LogP contribution in [0.5, 0.6) is 0 Å². The van der Waals surface area contributed by atoms with E-state index in [1.807, 2.05) is 6.92 Å². The van der Waals surface area contributed by atoms with Crippen LogP contribution in [0.4, 0.5) is 9.59 Å². The normalized spacial score (nSPS) is 22.9. The third-order valence-corrected chi connectivity index (χ3v) is 14.2. The van der Waals surface area contributed by atoms with Crippen molar-refractivity contribution in [3.05, 3.63) is 71.8 Å². The molecule has 2 saturated heterocycles. The number of hydrogen-bond acceptors (Lipinski definition) is 24. The van der Waals surface area contributed by atoms with Crippen LogP contribution in [0.2, 0.25) is 0 Å².